The molecular formula is C11H15NO2S. The highest BCUT2D eigenvalue weighted by molar-refractivity contribution is 7.99. The molecule has 0 aliphatic carbocycles. The molecule has 0 saturated carbocycles. The fourth-order valence-electron chi connectivity index (χ4n) is 1.00. The Balaban J connectivity index is 2.22. The van der Waals surface area contributed by atoms with Gasteiger partial charge in [0.25, 0.3) is 0 Å². The van der Waals surface area contributed by atoms with Crippen molar-refractivity contribution in [2.75, 3.05) is 6.61 Å². The zero-order chi connectivity index (χ0) is 11.1. The number of ether oxygens (including phenoxy) is 1. The number of hydrogen-bond acceptors (Lipinski definition) is 4. The summed E-state index contributed by atoms with van der Waals surface area (Å²) in [5, 5.41) is 0.321. The lowest BCUT2D eigenvalue weighted by molar-refractivity contribution is -0.140. The van der Waals surface area contributed by atoms with Crippen LogP contribution in [0.5, 0.6) is 0 Å². The van der Waals surface area contributed by atoms with Gasteiger partial charge in [-0.25, -0.2) is 0 Å². The van der Waals surface area contributed by atoms with Crippen molar-refractivity contribution >= 4 is 17.7 Å². The summed E-state index contributed by atoms with van der Waals surface area (Å²) in [6.07, 6.45) is 3.57. The van der Waals surface area contributed by atoms with Crippen LogP contribution in [0.3, 0.4) is 0 Å². The number of carbonyl (C=O) groups excluding carboxylic acids is 1. The Bertz CT molecular complexity index is 303. The smallest absolute Gasteiger partial charge is 0.302 e. The first kappa shape index (κ1) is 12.0. The Kier molecular flexibility index (Phi) is 5.18. The number of pyridine rings is 1. The Morgan fingerprint density at radius 1 is 1.53 bits per heavy atom. The molecule has 0 saturated heterocycles. The highest BCUT2D eigenvalue weighted by Crippen LogP contribution is 2.17. The van der Waals surface area contributed by atoms with Crippen molar-refractivity contribution in [1.29, 1.82) is 0 Å². The maximum atomic E-state index is 10.6. The van der Waals surface area contributed by atoms with Gasteiger partial charge in [0, 0.05) is 30.3 Å². The number of rotatable bonds is 5. The second-order valence-corrected chi connectivity index (χ2v) is 4.71. The molecule has 0 amide bonds. The minimum atomic E-state index is -0.216. The maximum absolute atomic E-state index is 10.6. The van der Waals surface area contributed by atoms with Crippen LogP contribution < -0.4 is 0 Å². The summed E-state index contributed by atoms with van der Waals surface area (Å²) in [5.41, 5.74) is 1.24. The molecule has 1 rings (SSSR count). The Hall–Kier alpha value is -1.03. The van der Waals surface area contributed by atoms with Gasteiger partial charge in [0.15, 0.2) is 0 Å². The predicted octanol–water partition coefficient (Wildman–Crippen LogP) is 2.27. The molecule has 0 radical (unpaired) electrons. The molecule has 1 heterocycles. The summed E-state index contributed by atoms with van der Waals surface area (Å²) in [4.78, 5) is 14.5. The SMILES string of the molecule is CC(=O)OCC(C)SCc1ccncc1. The van der Waals surface area contributed by atoms with Crippen LogP contribution in [0.2, 0.25) is 0 Å². The van der Waals surface area contributed by atoms with E-state index in [0.717, 1.165) is 5.75 Å². The third kappa shape index (κ3) is 5.42. The van der Waals surface area contributed by atoms with E-state index in [1.54, 1.807) is 24.2 Å². The molecule has 0 aromatic carbocycles. The van der Waals surface area contributed by atoms with E-state index >= 15 is 0 Å². The van der Waals surface area contributed by atoms with Gasteiger partial charge in [-0.15, -0.1) is 0 Å². The summed E-state index contributed by atoms with van der Waals surface area (Å²) in [6, 6.07) is 3.98. The zero-order valence-electron chi connectivity index (χ0n) is 8.97. The van der Waals surface area contributed by atoms with E-state index in [0.29, 0.717) is 11.9 Å². The van der Waals surface area contributed by atoms with Crippen molar-refractivity contribution in [1.82, 2.24) is 4.98 Å². The second-order valence-electron chi connectivity index (χ2n) is 3.28. The molecule has 4 heteroatoms. The first-order valence-corrected chi connectivity index (χ1v) is 5.87. The highest BCUT2D eigenvalue weighted by atomic mass is 32.2. The molecule has 15 heavy (non-hydrogen) atoms. The number of nitrogens with zero attached hydrogens (tertiary/aromatic N) is 1. The van der Waals surface area contributed by atoms with E-state index in [2.05, 4.69) is 11.9 Å². The lowest BCUT2D eigenvalue weighted by Gasteiger charge is -2.10. The van der Waals surface area contributed by atoms with E-state index in [9.17, 15) is 4.79 Å². The van der Waals surface area contributed by atoms with E-state index < -0.39 is 0 Å². The average Bonchev–Trinajstić information content (AvgIpc) is 2.25. The van der Waals surface area contributed by atoms with Crippen molar-refractivity contribution in [3.63, 3.8) is 0 Å². The lowest BCUT2D eigenvalue weighted by Crippen LogP contribution is -2.11. The standard InChI is InChI=1S/C11H15NO2S/c1-9(7-14-10(2)13)15-8-11-3-5-12-6-4-11/h3-6,9H,7-8H2,1-2H3. The number of thioether (sulfide) groups is 1. The summed E-state index contributed by atoms with van der Waals surface area (Å²) in [5.74, 6) is 0.705. The van der Waals surface area contributed by atoms with Gasteiger partial charge in [0.05, 0.1) is 0 Å². The van der Waals surface area contributed by atoms with Crippen LogP contribution in [0.15, 0.2) is 24.5 Å². The minimum absolute atomic E-state index is 0.216. The van der Waals surface area contributed by atoms with Crippen LogP contribution in [0.4, 0.5) is 0 Å². The monoisotopic (exact) mass is 225 g/mol. The van der Waals surface area contributed by atoms with Gasteiger partial charge >= 0.3 is 5.97 Å². The molecule has 0 N–H and O–H groups in total. The van der Waals surface area contributed by atoms with Crippen molar-refractivity contribution < 1.29 is 9.53 Å². The van der Waals surface area contributed by atoms with Gasteiger partial charge in [-0.2, -0.15) is 11.8 Å². The van der Waals surface area contributed by atoms with Crippen LogP contribution in [0, 0.1) is 0 Å². The van der Waals surface area contributed by atoms with Crippen LogP contribution in [-0.2, 0) is 15.3 Å². The van der Waals surface area contributed by atoms with Gasteiger partial charge in [-0.3, -0.25) is 9.78 Å². The molecular weight excluding hydrogens is 210 g/mol. The third-order valence-corrected chi connectivity index (χ3v) is 3.01. The predicted molar refractivity (Wildman–Crippen MR) is 61.6 cm³/mol. The normalized spacial score (nSPS) is 12.1. The Morgan fingerprint density at radius 2 is 2.20 bits per heavy atom. The molecule has 82 valence electrons. The summed E-state index contributed by atoms with van der Waals surface area (Å²) < 4.78 is 4.92. The fraction of sp³-hybridized carbons (Fsp3) is 0.455. The lowest BCUT2D eigenvalue weighted by atomic mass is 10.3. The van der Waals surface area contributed by atoms with Crippen molar-refractivity contribution in [3.05, 3.63) is 30.1 Å². The number of esters is 1. The molecule has 1 atom stereocenters. The van der Waals surface area contributed by atoms with Gasteiger partial charge in [0.1, 0.15) is 6.61 Å². The van der Waals surface area contributed by atoms with Gasteiger partial charge in [-0.05, 0) is 24.6 Å². The van der Waals surface area contributed by atoms with Crippen molar-refractivity contribution in [2.24, 2.45) is 0 Å². The maximum Gasteiger partial charge on any atom is 0.302 e. The first-order chi connectivity index (χ1) is 7.18. The summed E-state index contributed by atoms with van der Waals surface area (Å²) >= 11 is 1.77. The topological polar surface area (TPSA) is 39.2 Å². The quantitative estimate of drug-likeness (QED) is 0.721. The van der Waals surface area contributed by atoms with E-state index in [1.165, 1.54) is 12.5 Å². The largest absolute Gasteiger partial charge is 0.465 e. The number of aromatic nitrogens is 1. The molecule has 3 nitrogen and oxygen atoms in total. The van der Waals surface area contributed by atoms with Gasteiger partial charge in [-0.1, -0.05) is 0 Å². The molecule has 0 bridgehead atoms. The second kappa shape index (κ2) is 6.45. The van der Waals surface area contributed by atoms with Gasteiger partial charge < -0.3 is 4.74 Å². The highest BCUT2D eigenvalue weighted by Gasteiger charge is 2.04. The number of hydrogen-bond donors (Lipinski definition) is 0. The minimum Gasteiger partial charge on any atom is -0.465 e. The Labute approximate surface area is 94.2 Å². The van der Waals surface area contributed by atoms with E-state index in [1.807, 2.05) is 12.1 Å². The number of carbonyl (C=O) groups is 1. The van der Waals surface area contributed by atoms with Gasteiger partial charge in [0.2, 0.25) is 0 Å². The summed E-state index contributed by atoms with van der Waals surface area (Å²) in [6.45, 7) is 3.96. The van der Waals surface area contributed by atoms with Crippen molar-refractivity contribution in [2.45, 2.75) is 24.9 Å². The van der Waals surface area contributed by atoms with E-state index in [-0.39, 0.29) is 5.97 Å². The third-order valence-electron chi connectivity index (χ3n) is 1.81. The van der Waals surface area contributed by atoms with Crippen LogP contribution in [-0.4, -0.2) is 22.8 Å². The van der Waals surface area contributed by atoms with E-state index in [4.69, 9.17) is 4.74 Å². The fourth-order valence-corrected chi connectivity index (χ4v) is 1.83. The van der Waals surface area contributed by atoms with Crippen LogP contribution in [0.25, 0.3) is 0 Å². The molecule has 0 aliphatic heterocycles. The van der Waals surface area contributed by atoms with Crippen LogP contribution in [0.1, 0.15) is 19.4 Å². The molecule has 0 spiro atoms. The molecule has 0 fully saturated rings. The molecule has 1 aromatic heterocycles. The first-order valence-electron chi connectivity index (χ1n) is 4.82. The molecule has 1 aromatic rings. The zero-order valence-corrected chi connectivity index (χ0v) is 9.79. The Morgan fingerprint density at radius 3 is 2.80 bits per heavy atom. The average molecular weight is 225 g/mol. The van der Waals surface area contributed by atoms with Crippen molar-refractivity contribution in [3.8, 4) is 0 Å². The molecule has 1 unspecified atom stereocenters. The van der Waals surface area contributed by atoms with Crippen LogP contribution >= 0.6 is 11.8 Å². The summed E-state index contributed by atoms with van der Waals surface area (Å²) in [7, 11) is 0. The molecule has 0 aliphatic rings.